The Bertz CT molecular complexity index is 322. The molecule has 1 rings (SSSR count). The molecule has 0 saturated heterocycles. The van der Waals surface area contributed by atoms with Crippen molar-refractivity contribution in [2.45, 2.75) is 13.3 Å². The molecule has 0 aliphatic heterocycles. The smallest absolute Gasteiger partial charge is 0.224 e. The summed E-state index contributed by atoms with van der Waals surface area (Å²) in [5.41, 5.74) is 0.902. The Labute approximate surface area is 95.7 Å². The minimum absolute atomic E-state index is 0.00333. The van der Waals surface area contributed by atoms with E-state index in [2.05, 4.69) is 10.6 Å². The fraction of sp³-hybridized carbons (Fsp3) is 0.417. The molecule has 0 heterocycles. The van der Waals surface area contributed by atoms with Crippen molar-refractivity contribution in [1.82, 2.24) is 10.6 Å². The van der Waals surface area contributed by atoms with Gasteiger partial charge in [0.15, 0.2) is 0 Å². The topological polar surface area (TPSA) is 61.4 Å². The first kappa shape index (κ1) is 12.5. The van der Waals surface area contributed by atoms with Gasteiger partial charge in [0.2, 0.25) is 5.91 Å². The summed E-state index contributed by atoms with van der Waals surface area (Å²) in [6.07, 6.45) is 0.354. The molecular weight excluding hydrogens is 204 g/mol. The van der Waals surface area contributed by atoms with Crippen LogP contribution in [0.5, 0.6) is 5.75 Å². The molecule has 4 heteroatoms. The van der Waals surface area contributed by atoms with Crippen LogP contribution in [0.4, 0.5) is 0 Å². The second-order valence-corrected chi connectivity index (χ2v) is 3.55. The van der Waals surface area contributed by atoms with Gasteiger partial charge in [0.25, 0.3) is 0 Å². The highest BCUT2D eigenvalue weighted by atomic mass is 16.3. The van der Waals surface area contributed by atoms with E-state index >= 15 is 0 Å². The van der Waals surface area contributed by atoms with Gasteiger partial charge < -0.3 is 15.7 Å². The number of hydrogen-bond acceptors (Lipinski definition) is 3. The average molecular weight is 222 g/mol. The van der Waals surface area contributed by atoms with Gasteiger partial charge in [-0.3, -0.25) is 4.79 Å². The highest BCUT2D eigenvalue weighted by Crippen LogP contribution is 2.09. The van der Waals surface area contributed by atoms with Crippen molar-refractivity contribution in [3.8, 4) is 5.75 Å². The second-order valence-electron chi connectivity index (χ2n) is 3.55. The normalized spacial score (nSPS) is 10.1. The predicted octanol–water partition coefficient (Wildman–Crippen LogP) is 0.660. The standard InChI is InChI=1S/C12H18N2O2/c1-2-13-7-8-14-12(16)9-10-3-5-11(15)6-4-10/h3-6,13,15H,2,7-9H2,1H3,(H,14,16). The van der Waals surface area contributed by atoms with Gasteiger partial charge in [0.1, 0.15) is 5.75 Å². The first-order valence-electron chi connectivity index (χ1n) is 5.47. The predicted molar refractivity (Wildman–Crippen MR) is 63.4 cm³/mol. The molecule has 1 aromatic rings. The lowest BCUT2D eigenvalue weighted by molar-refractivity contribution is -0.120. The van der Waals surface area contributed by atoms with Crippen LogP contribution in [0.1, 0.15) is 12.5 Å². The molecule has 0 atom stereocenters. The van der Waals surface area contributed by atoms with Gasteiger partial charge in [-0.1, -0.05) is 19.1 Å². The monoisotopic (exact) mass is 222 g/mol. The molecule has 0 unspecified atom stereocenters. The maximum absolute atomic E-state index is 11.5. The molecule has 0 saturated carbocycles. The molecule has 3 N–H and O–H groups in total. The van der Waals surface area contributed by atoms with Crippen molar-refractivity contribution in [1.29, 1.82) is 0 Å². The van der Waals surface area contributed by atoms with Crippen LogP contribution in [-0.2, 0) is 11.2 Å². The Morgan fingerprint density at radius 1 is 1.25 bits per heavy atom. The summed E-state index contributed by atoms with van der Waals surface area (Å²) < 4.78 is 0. The fourth-order valence-electron chi connectivity index (χ4n) is 1.33. The molecule has 0 aromatic heterocycles. The van der Waals surface area contributed by atoms with Crippen molar-refractivity contribution in [3.05, 3.63) is 29.8 Å². The van der Waals surface area contributed by atoms with E-state index in [0.29, 0.717) is 13.0 Å². The van der Waals surface area contributed by atoms with Crippen molar-refractivity contribution in [2.75, 3.05) is 19.6 Å². The van der Waals surface area contributed by atoms with Gasteiger partial charge in [0, 0.05) is 13.1 Å². The minimum atomic E-state index is 0.00333. The number of aromatic hydroxyl groups is 1. The lowest BCUT2D eigenvalue weighted by atomic mass is 10.1. The summed E-state index contributed by atoms with van der Waals surface area (Å²) in [4.78, 5) is 11.5. The van der Waals surface area contributed by atoms with E-state index in [9.17, 15) is 4.79 Å². The number of phenols is 1. The van der Waals surface area contributed by atoms with Gasteiger partial charge >= 0.3 is 0 Å². The van der Waals surface area contributed by atoms with Crippen LogP contribution in [0.25, 0.3) is 0 Å². The van der Waals surface area contributed by atoms with E-state index < -0.39 is 0 Å². The van der Waals surface area contributed by atoms with E-state index in [4.69, 9.17) is 5.11 Å². The Kier molecular flexibility index (Phi) is 5.36. The summed E-state index contributed by atoms with van der Waals surface area (Å²) in [5.74, 6) is 0.222. The van der Waals surface area contributed by atoms with Crippen LogP contribution < -0.4 is 10.6 Å². The van der Waals surface area contributed by atoms with Gasteiger partial charge in [-0.05, 0) is 24.2 Å². The summed E-state index contributed by atoms with van der Waals surface area (Å²) in [5, 5.41) is 15.0. The Morgan fingerprint density at radius 3 is 2.56 bits per heavy atom. The van der Waals surface area contributed by atoms with Crippen LogP contribution >= 0.6 is 0 Å². The van der Waals surface area contributed by atoms with E-state index in [1.165, 1.54) is 0 Å². The SMILES string of the molecule is CCNCCNC(=O)Cc1ccc(O)cc1. The molecule has 16 heavy (non-hydrogen) atoms. The summed E-state index contributed by atoms with van der Waals surface area (Å²) in [6, 6.07) is 6.67. The van der Waals surface area contributed by atoms with Crippen molar-refractivity contribution >= 4 is 5.91 Å². The second kappa shape index (κ2) is 6.85. The van der Waals surface area contributed by atoms with Crippen LogP contribution in [0.2, 0.25) is 0 Å². The van der Waals surface area contributed by atoms with Gasteiger partial charge in [-0.15, -0.1) is 0 Å². The number of carbonyl (C=O) groups is 1. The number of amides is 1. The number of likely N-dealkylation sites (N-methyl/N-ethyl adjacent to an activating group) is 1. The number of carbonyl (C=O) groups excluding carboxylic acids is 1. The lowest BCUT2D eigenvalue weighted by Crippen LogP contribution is -2.32. The van der Waals surface area contributed by atoms with Crippen LogP contribution in [0, 0.1) is 0 Å². The third kappa shape index (κ3) is 4.79. The highest BCUT2D eigenvalue weighted by Gasteiger charge is 2.02. The van der Waals surface area contributed by atoms with Crippen molar-refractivity contribution in [3.63, 3.8) is 0 Å². The molecular formula is C12H18N2O2. The summed E-state index contributed by atoms with van der Waals surface area (Å²) >= 11 is 0. The largest absolute Gasteiger partial charge is 0.508 e. The number of benzene rings is 1. The molecule has 0 bridgehead atoms. The molecule has 1 aromatic carbocycles. The third-order valence-electron chi connectivity index (χ3n) is 2.17. The number of phenolic OH excluding ortho intramolecular Hbond substituents is 1. The maximum Gasteiger partial charge on any atom is 0.224 e. The Balaban J connectivity index is 2.26. The zero-order valence-corrected chi connectivity index (χ0v) is 9.49. The third-order valence-corrected chi connectivity index (χ3v) is 2.17. The molecule has 88 valence electrons. The molecule has 0 fully saturated rings. The first-order valence-corrected chi connectivity index (χ1v) is 5.47. The van der Waals surface area contributed by atoms with Gasteiger partial charge in [-0.25, -0.2) is 0 Å². The molecule has 0 aliphatic rings. The minimum Gasteiger partial charge on any atom is -0.508 e. The van der Waals surface area contributed by atoms with Crippen molar-refractivity contribution in [2.24, 2.45) is 0 Å². The summed E-state index contributed by atoms with van der Waals surface area (Å²) in [6.45, 7) is 4.37. The van der Waals surface area contributed by atoms with E-state index in [1.807, 2.05) is 6.92 Å². The molecule has 0 radical (unpaired) electrons. The average Bonchev–Trinajstić information content (AvgIpc) is 2.28. The fourth-order valence-corrected chi connectivity index (χ4v) is 1.33. The van der Waals surface area contributed by atoms with E-state index in [1.54, 1.807) is 24.3 Å². The molecule has 1 amide bonds. The Morgan fingerprint density at radius 2 is 1.94 bits per heavy atom. The van der Waals surface area contributed by atoms with E-state index in [-0.39, 0.29) is 11.7 Å². The van der Waals surface area contributed by atoms with Crippen LogP contribution in [0.3, 0.4) is 0 Å². The highest BCUT2D eigenvalue weighted by molar-refractivity contribution is 5.78. The quantitative estimate of drug-likeness (QED) is 0.620. The first-order chi connectivity index (χ1) is 7.72. The van der Waals surface area contributed by atoms with Crippen LogP contribution in [0.15, 0.2) is 24.3 Å². The zero-order valence-electron chi connectivity index (χ0n) is 9.49. The van der Waals surface area contributed by atoms with Gasteiger partial charge in [0.05, 0.1) is 6.42 Å². The molecule has 0 spiro atoms. The summed E-state index contributed by atoms with van der Waals surface area (Å²) in [7, 11) is 0. The lowest BCUT2D eigenvalue weighted by Gasteiger charge is -2.05. The number of nitrogens with one attached hydrogen (secondary N) is 2. The number of rotatable bonds is 6. The van der Waals surface area contributed by atoms with Gasteiger partial charge in [-0.2, -0.15) is 0 Å². The maximum atomic E-state index is 11.5. The molecule has 4 nitrogen and oxygen atoms in total. The number of hydrogen-bond donors (Lipinski definition) is 3. The zero-order chi connectivity index (χ0) is 11.8. The van der Waals surface area contributed by atoms with E-state index in [0.717, 1.165) is 18.7 Å². The Hall–Kier alpha value is -1.55. The molecule has 0 aliphatic carbocycles. The van der Waals surface area contributed by atoms with Crippen molar-refractivity contribution < 1.29 is 9.90 Å². The van der Waals surface area contributed by atoms with Crippen LogP contribution in [-0.4, -0.2) is 30.6 Å².